The van der Waals surface area contributed by atoms with Gasteiger partial charge in [-0.05, 0) is 6.92 Å². The molecular weight excluding hydrogens is 120 g/mol. The van der Waals surface area contributed by atoms with Crippen LogP contribution in [0.15, 0.2) is 5.10 Å². The maximum atomic E-state index is 9.99. The molecule has 0 aromatic heterocycles. The molecule has 0 radical (unpaired) electrons. The first-order valence-corrected chi connectivity index (χ1v) is 2.67. The topological polar surface area (TPSA) is 50.7 Å². The Hall–Kier alpha value is -1.06. The second-order valence-corrected chi connectivity index (χ2v) is 1.22. The van der Waals surface area contributed by atoms with Gasteiger partial charge in [-0.25, -0.2) is 0 Å². The molecule has 0 saturated carbocycles. The Morgan fingerprint density at radius 3 is 2.89 bits per heavy atom. The second-order valence-electron chi connectivity index (χ2n) is 1.22. The quantitative estimate of drug-likeness (QED) is 0.248. The highest BCUT2D eigenvalue weighted by Gasteiger charge is 1.91. The molecule has 1 N–H and O–H groups in total. The van der Waals surface area contributed by atoms with Gasteiger partial charge in [0.1, 0.15) is 0 Å². The predicted molar refractivity (Wildman–Crippen MR) is 34.2 cm³/mol. The van der Waals surface area contributed by atoms with Crippen molar-refractivity contribution in [2.75, 3.05) is 13.7 Å². The highest BCUT2D eigenvalue weighted by atomic mass is 16.5. The SMILES string of the molecule is CCO/C(C=O)=N\NC. The largest absolute Gasteiger partial charge is 0.475 e. The summed E-state index contributed by atoms with van der Waals surface area (Å²) in [6.07, 6.45) is 0.556. The molecule has 0 aromatic rings. The van der Waals surface area contributed by atoms with Gasteiger partial charge >= 0.3 is 0 Å². The standard InChI is InChI=1S/C5H10N2O2/c1-3-9-5(4-8)7-6-2/h4,6H,3H2,1-2H3/b7-5-. The number of hydrogen-bond donors (Lipinski definition) is 1. The van der Waals surface area contributed by atoms with Crippen molar-refractivity contribution in [2.45, 2.75) is 6.92 Å². The number of carbonyl (C=O) groups is 1. The van der Waals surface area contributed by atoms with Crippen LogP contribution in [0.5, 0.6) is 0 Å². The van der Waals surface area contributed by atoms with Gasteiger partial charge < -0.3 is 10.2 Å². The van der Waals surface area contributed by atoms with Crippen LogP contribution in [0, 0.1) is 0 Å². The van der Waals surface area contributed by atoms with E-state index in [4.69, 9.17) is 4.74 Å². The number of rotatable bonds is 3. The van der Waals surface area contributed by atoms with Crippen LogP contribution < -0.4 is 5.43 Å². The third-order valence-corrected chi connectivity index (χ3v) is 0.615. The summed E-state index contributed by atoms with van der Waals surface area (Å²) in [4.78, 5) is 9.99. The normalized spacial score (nSPS) is 10.7. The number of aldehydes is 1. The van der Waals surface area contributed by atoms with Gasteiger partial charge in [-0.3, -0.25) is 4.79 Å². The first kappa shape index (κ1) is 7.94. The molecule has 4 nitrogen and oxygen atoms in total. The van der Waals surface area contributed by atoms with Crippen molar-refractivity contribution in [2.24, 2.45) is 5.10 Å². The van der Waals surface area contributed by atoms with Gasteiger partial charge in [-0.1, -0.05) is 0 Å². The van der Waals surface area contributed by atoms with E-state index in [0.29, 0.717) is 12.9 Å². The summed E-state index contributed by atoms with van der Waals surface area (Å²) in [6.45, 7) is 2.24. The van der Waals surface area contributed by atoms with Gasteiger partial charge in [0.25, 0.3) is 5.90 Å². The highest BCUT2D eigenvalue weighted by molar-refractivity contribution is 6.23. The molecule has 0 heterocycles. The minimum absolute atomic E-state index is 0.0833. The van der Waals surface area contributed by atoms with Crippen molar-refractivity contribution in [3.63, 3.8) is 0 Å². The summed E-state index contributed by atoms with van der Waals surface area (Å²) >= 11 is 0. The van der Waals surface area contributed by atoms with Gasteiger partial charge in [-0.15, -0.1) is 5.10 Å². The zero-order valence-electron chi connectivity index (χ0n) is 5.55. The van der Waals surface area contributed by atoms with E-state index >= 15 is 0 Å². The van der Waals surface area contributed by atoms with Crippen LogP contribution in [-0.4, -0.2) is 25.8 Å². The Bertz CT molecular complexity index is 112. The van der Waals surface area contributed by atoms with E-state index in [-0.39, 0.29) is 5.90 Å². The fourth-order valence-electron chi connectivity index (χ4n) is 0.351. The zero-order valence-corrected chi connectivity index (χ0v) is 5.55. The summed E-state index contributed by atoms with van der Waals surface area (Å²) in [5.41, 5.74) is 2.44. The summed E-state index contributed by atoms with van der Waals surface area (Å²) in [7, 11) is 1.60. The fourth-order valence-corrected chi connectivity index (χ4v) is 0.351. The number of nitrogens with one attached hydrogen (secondary N) is 1. The first-order chi connectivity index (χ1) is 4.35. The number of ether oxygens (including phenoxy) is 1. The van der Waals surface area contributed by atoms with Crippen molar-refractivity contribution >= 4 is 12.2 Å². The average molecular weight is 130 g/mol. The van der Waals surface area contributed by atoms with Crippen molar-refractivity contribution in [1.82, 2.24) is 5.43 Å². The molecule has 0 aliphatic heterocycles. The van der Waals surface area contributed by atoms with Crippen LogP contribution in [0.25, 0.3) is 0 Å². The number of hydrazone groups is 1. The maximum Gasteiger partial charge on any atom is 0.271 e. The fraction of sp³-hybridized carbons (Fsp3) is 0.600. The Morgan fingerprint density at radius 2 is 2.56 bits per heavy atom. The smallest absolute Gasteiger partial charge is 0.271 e. The van der Waals surface area contributed by atoms with Crippen LogP contribution in [0.3, 0.4) is 0 Å². The van der Waals surface area contributed by atoms with Crippen molar-refractivity contribution < 1.29 is 9.53 Å². The van der Waals surface area contributed by atoms with Gasteiger partial charge in [0, 0.05) is 7.05 Å². The minimum Gasteiger partial charge on any atom is -0.475 e. The van der Waals surface area contributed by atoms with E-state index in [1.807, 2.05) is 0 Å². The minimum atomic E-state index is 0.0833. The molecule has 0 aliphatic rings. The molecule has 0 spiro atoms. The lowest BCUT2D eigenvalue weighted by Crippen LogP contribution is -2.10. The second kappa shape index (κ2) is 5.08. The maximum absolute atomic E-state index is 9.99. The van der Waals surface area contributed by atoms with E-state index in [9.17, 15) is 4.79 Å². The third kappa shape index (κ3) is 3.52. The summed E-state index contributed by atoms with van der Waals surface area (Å²) in [5.74, 6) is 0.0833. The van der Waals surface area contributed by atoms with Gasteiger partial charge in [0.05, 0.1) is 6.61 Å². The van der Waals surface area contributed by atoms with Crippen LogP contribution in [0.2, 0.25) is 0 Å². The van der Waals surface area contributed by atoms with Crippen LogP contribution in [0.4, 0.5) is 0 Å². The molecule has 52 valence electrons. The molecule has 0 aliphatic carbocycles. The van der Waals surface area contributed by atoms with Crippen molar-refractivity contribution in [3.05, 3.63) is 0 Å². The van der Waals surface area contributed by atoms with Crippen molar-refractivity contribution in [3.8, 4) is 0 Å². The molecule has 4 heteroatoms. The zero-order chi connectivity index (χ0) is 7.11. The lowest BCUT2D eigenvalue weighted by atomic mass is 10.7. The average Bonchev–Trinajstić information content (AvgIpc) is 1.88. The van der Waals surface area contributed by atoms with Gasteiger partial charge in [0.2, 0.25) is 6.29 Å². The van der Waals surface area contributed by atoms with E-state index in [2.05, 4.69) is 10.5 Å². The third-order valence-electron chi connectivity index (χ3n) is 0.615. The lowest BCUT2D eigenvalue weighted by molar-refractivity contribution is -0.103. The van der Waals surface area contributed by atoms with E-state index in [1.165, 1.54) is 0 Å². The van der Waals surface area contributed by atoms with Gasteiger partial charge in [0.15, 0.2) is 0 Å². The molecule has 9 heavy (non-hydrogen) atoms. The van der Waals surface area contributed by atoms with Crippen LogP contribution >= 0.6 is 0 Å². The van der Waals surface area contributed by atoms with E-state index in [0.717, 1.165) is 0 Å². The number of carbonyl (C=O) groups excluding carboxylic acids is 1. The monoisotopic (exact) mass is 130 g/mol. The molecule has 0 saturated heterocycles. The Kier molecular flexibility index (Phi) is 4.49. The molecule has 0 bridgehead atoms. The van der Waals surface area contributed by atoms with Crippen molar-refractivity contribution in [1.29, 1.82) is 0 Å². The Morgan fingerprint density at radius 1 is 1.89 bits per heavy atom. The highest BCUT2D eigenvalue weighted by Crippen LogP contribution is 1.74. The molecular formula is C5H10N2O2. The Labute approximate surface area is 53.9 Å². The summed E-state index contributed by atoms with van der Waals surface area (Å²) in [5, 5.41) is 3.51. The predicted octanol–water partition coefficient (Wildman–Crippen LogP) is -0.245. The summed E-state index contributed by atoms with van der Waals surface area (Å²) in [6, 6.07) is 0. The molecule has 0 atom stereocenters. The van der Waals surface area contributed by atoms with E-state index in [1.54, 1.807) is 14.0 Å². The van der Waals surface area contributed by atoms with Crippen LogP contribution in [0.1, 0.15) is 6.92 Å². The molecule has 0 amide bonds. The number of nitrogens with zero attached hydrogens (tertiary/aromatic N) is 1. The molecule has 0 unspecified atom stereocenters. The molecule has 0 rings (SSSR count). The first-order valence-electron chi connectivity index (χ1n) is 2.67. The lowest BCUT2D eigenvalue weighted by Gasteiger charge is -1.97. The molecule has 0 fully saturated rings. The molecule has 0 aromatic carbocycles. The van der Waals surface area contributed by atoms with E-state index < -0.39 is 0 Å². The Balaban J connectivity index is 3.66. The number of hydrogen-bond acceptors (Lipinski definition) is 4. The van der Waals surface area contributed by atoms with Crippen LogP contribution in [-0.2, 0) is 9.53 Å². The van der Waals surface area contributed by atoms with Gasteiger partial charge in [-0.2, -0.15) is 0 Å². The summed E-state index contributed by atoms with van der Waals surface area (Å²) < 4.78 is 4.75.